The fourth-order valence-electron chi connectivity index (χ4n) is 2.44. The van der Waals surface area contributed by atoms with Crippen LogP contribution in [0.5, 0.6) is 0 Å². The van der Waals surface area contributed by atoms with Gasteiger partial charge < -0.3 is 5.32 Å². The SMILES string of the molecule is O=C(Nc1cccc(C2SCCS2)c1)c1ccccc1C(F)(F)F. The number of halogens is 3. The van der Waals surface area contributed by atoms with Crippen molar-refractivity contribution >= 4 is 35.1 Å². The molecule has 0 radical (unpaired) electrons. The number of rotatable bonds is 3. The summed E-state index contributed by atoms with van der Waals surface area (Å²) in [5.41, 5.74) is 0.257. The van der Waals surface area contributed by atoms with E-state index in [-0.39, 0.29) is 5.56 Å². The summed E-state index contributed by atoms with van der Waals surface area (Å²) in [5.74, 6) is 1.39. The molecule has 1 N–H and O–H groups in total. The molecule has 1 aliphatic heterocycles. The molecule has 1 saturated heterocycles. The van der Waals surface area contributed by atoms with E-state index in [1.54, 1.807) is 12.1 Å². The summed E-state index contributed by atoms with van der Waals surface area (Å²) in [7, 11) is 0. The van der Waals surface area contributed by atoms with E-state index in [4.69, 9.17) is 0 Å². The Balaban J connectivity index is 1.82. The standard InChI is InChI=1S/C17H14F3NOS2/c18-17(19,20)14-7-2-1-6-13(14)15(22)21-12-5-3-4-11(10-12)16-23-8-9-24-16/h1-7,10,16H,8-9H2,(H,21,22). The Hall–Kier alpha value is -1.60. The van der Waals surface area contributed by atoms with Gasteiger partial charge in [-0.1, -0.05) is 24.3 Å². The second kappa shape index (κ2) is 7.11. The predicted octanol–water partition coefficient (Wildman–Crippen LogP) is 5.44. The lowest BCUT2D eigenvalue weighted by Crippen LogP contribution is -2.18. The Morgan fingerprint density at radius 2 is 1.75 bits per heavy atom. The lowest BCUT2D eigenvalue weighted by Gasteiger charge is -2.14. The molecule has 1 aliphatic rings. The van der Waals surface area contributed by atoms with Crippen molar-refractivity contribution in [3.63, 3.8) is 0 Å². The fourth-order valence-corrected chi connectivity index (χ4v) is 5.28. The maximum atomic E-state index is 13.0. The molecule has 3 rings (SSSR count). The molecule has 0 saturated carbocycles. The van der Waals surface area contributed by atoms with Crippen LogP contribution in [0.4, 0.5) is 18.9 Å². The van der Waals surface area contributed by atoms with E-state index in [1.165, 1.54) is 18.2 Å². The maximum absolute atomic E-state index is 13.0. The average Bonchev–Trinajstić information content (AvgIpc) is 3.09. The first kappa shape index (κ1) is 17.2. The monoisotopic (exact) mass is 369 g/mol. The summed E-state index contributed by atoms with van der Waals surface area (Å²) in [6.45, 7) is 0. The number of hydrogen-bond donors (Lipinski definition) is 1. The molecule has 7 heteroatoms. The molecule has 0 atom stereocenters. The molecule has 24 heavy (non-hydrogen) atoms. The summed E-state index contributed by atoms with van der Waals surface area (Å²) >= 11 is 3.65. The second-order valence-electron chi connectivity index (χ2n) is 5.20. The molecule has 1 amide bonds. The number of carbonyl (C=O) groups is 1. The van der Waals surface area contributed by atoms with Crippen LogP contribution in [0, 0.1) is 0 Å². The molecule has 0 aromatic heterocycles. The van der Waals surface area contributed by atoms with Gasteiger partial charge in [-0.25, -0.2) is 0 Å². The van der Waals surface area contributed by atoms with E-state index in [0.29, 0.717) is 10.3 Å². The summed E-state index contributed by atoms with van der Waals surface area (Å²) in [6.07, 6.45) is -4.56. The van der Waals surface area contributed by atoms with Gasteiger partial charge in [-0.15, -0.1) is 23.5 Å². The first-order chi connectivity index (χ1) is 11.4. The van der Waals surface area contributed by atoms with E-state index >= 15 is 0 Å². The van der Waals surface area contributed by atoms with Crippen molar-refractivity contribution in [2.45, 2.75) is 10.8 Å². The fraction of sp³-hybridized carbons (Fsp3) is 0.235. The van der Waals surface area contributed by atoms with Crippen LogP contribution in [0.15, 0.2) is 48.5 Å². The number of amides is 1. The van der Waals surface area contributed by atoms with Crippen LogP contribution in [0.3, 0.4) is 0 Å². The molecule has 1 heterocycles. The second-order valence-corrected chi connectivity index (χ2v) is 7.92. The number of benzene rings is 2. The van der Waals surface area contributed by atoms with Gasteiger partial charge in [0.15, 0.2) is 0 Å². The highest BCUT2D eigenvalue weighted by Crippen LogP contribution is 2.45. The van der Waals surface area contributed by atoms with E-state index in [2.05, 4.69) is 5.32 Å². The summed E-state index contributed by atoms with van der Waals surface area (Å²) in [6, 6.07) is 12.1. The maximum Gasteiger partial charge on any atom is 0.417 e. The normalized spacial score (nSPS) is 15.5. The van der Waals surface area contributed by atoms with Gasteiger partial charge >= 0.3 is 6.18 Å². The predicted molar refractivity (Wildman–Crippen MR) is 93.5 cm³/mol. The number of carbonyl (C=O) groups excluding carboxylic acids is 1. The van der Waals surface area contributed by atoms with Crippen molar-refractivity contribution in [1.29, 1.82) is 0 Å². The minimum absolute atomic E-state index is 0.310. The Bertz CT molecular complexity index is 743. The first-order valence-electron chi connectivity index (χ1n) is 7.26. The van der Waals surface area contributed by atoms with Gasteiger partial charge in [0.1, 0.15) is 0 Å². The van der Waals surface area contributed by atoms with Crippen LogP contribution in [0.2, 0.25) is 0 Å². The summed E-state index contributed by atoms with van der Waals surface area (Å²) in [5, 5.41) is 2.58. The Morgan fingerprint density at radius 3 is 2.46 bits per heavy atom. The quantitative estimate of drug-likeness (QED) is 0.781. The first-order valence-corrected chi connectivity index (χ1v) is 9.35. The zero-order valence-corrected chi connectivity index (χ0v) is 14.1. The lowest BCUT2D eigenvalue weighted by atomic mass is 10.1. The molecule has 0 bridgehead atoms. The lowest BCUT2D eigenvalue weighted by molar-refractivity contribution is -0.137. The number of hydrogen-bond acceptors (Lipinski definition) is 3. The van der Waals surface area contributed by atoms with Crippen molar-refractivity contribution < 1.29 is 18.0 Å². The van der Waals surface area contributed by atoms with Crippen molar-refractivity contribution in [3.05, 3.63) is 65.2 Å². The molecule has 0 aliphatic carbocycles. The Morgan fingerprint density at radius 1 is 1.04 bits per heavy atom. The van der Waals surface area contributed by atoms with Crippen LogP contribution in [0.25, 0.3) is 0 Å². The molecular weight excluding hydrogens is 355 g/mol. The highest BCUT2D eigenvalue weighted by atomic mass is 32.2. The van der Waals surface area contributed by atoms with E-state index in [0.717, 1.165) is 23.1 Å². The number of nitrogens with one attached hydrogen (secondary N) is 1. The van der Waals surface area contributed by atoms with Crippen LogP contribution in [0.1, 0.15) is 26.1 Å². The van der Waals surface area contributed by atoms with Crippen LogP contribution in [-0.2, 0) is 6.18 Å². The van der Waals surface area contributed by atoms with Crippen molar-refractivity contribution in [3.8, 4) is 0 Å². The number of thioether (sulfide) groups is 2. The van der Waals surface area contributed by atoms with E-state index < -0.39 is 17.6 Å². The molecule has 2 nitrogen and oxygen atoms in total. The van der Waals surface area contributed by atoms with Crippen LogP contribution in [-0.4, -0.2) is 17.4 Å². The van der Waals surface area contributed by atoms with Gasteiger partial charge in [0, 0.05) is 17.2 Å². The number of alkyl halides is 3. The average molecular weight is 369 g/mol. The van der Waals surface area contributed by atoms with Crippen LogP contribution >= 0.6 is 23.5 Å². The Kier molecular flexibility index (Phi) is 5.10. The minimum Gasteiger partial charge on any atom is -0.322 e. The summed E-state index contributed by atoms with van der Waals surface area (Å²) in [4.78, 5) is 12.3. The third-order valence-corrected chi connectivity index (χ3v) is 6.62. The zero-order chi connectivity index (χ0) is 17.2. The van der Waals surface area contributed by atoms with Crippen molar-refractivity contribution in [2.24, 2.45) is 0 Å². The third kappa shape index (κ3) is 3.89. The summed E-state index contributed by atoms with van der Waals surface area (Å²) < 4.78 is 39.4. The molecule has 1 fully saturated rings. The highest BCUT2D eigenvalue weighted by molar-refractivity contribution is 8.19. The van der Waals surface area contributed by atoms with Crippen molar-refractivity contribution in [2.75, 3.05) is 16.8 Å². The van der Waals surface area contributed by atoms with Gasteiger partial charge in [-0.2, -0.15) is 13.2 Å². The van der Waals surface area contributed by atoms with Gasteiger partial charge in [-0.05, 0) is 29.8 Å². The van der Waals surface area contributed by atoms with Gasteiger partial charge in [0.05, 0.1) is 15.7 Å². The highest BCUT2D eigenvalue weighted by Gasteiger charge is 2.34. The number of anilines is 1. The molecule has 2 aromatic carbocycles. The van der Waals surface area contributed by atoms with Gasteiger partial charge in [-0.3, -0.25) is 4.79 Å². The van der Waals surface area contributed by atoms with Crippen LogP contribution < -0.4 is 5.32 Å². The Labute approximate surface area is 146 Å². The smallest absolute Gasteiger partial charge is 0.322 e. The third-order valence-electron chi connectivity index (χ3n) is 3.52. The van der Waals surface area contributed by atoms with Gasteiger partial charge in [0.25, 0.3) is 5.91 Å². The van der Waals surface area contributed by atoms with Gasteiger partial charge in [0.2, 0.25) is 0 Å². The molecule has 0 unspecified atom stereocenters. The molecule has 126 valence electrons. The molecular formula is C17H14F3NOS2. The van der Waals surface area contributed by atoms with E-state index in [9.17, 15) is 18.0 Å². The largest absolute Gasteiger partial charge is 0.417 e. The van der Waals surface area contributed by atoms with E-state index in [1.807, 2.05) is 35.7 Å². The van der Waals surface area contributed by atoms with Crippen molar-refractivity contribution in [1.82, 2.24) is 0 Å². The molecule has 0 spiro atoms. The minimum atomic E-state index is -4.56. The zero-order valence-electron chi connectivity index (χ0n) is 12.5. The molecule has 2 aromatic rings. The topological polar surface area (TPSA) is 29.1 Å².